The molecule has 40 heavy (non-hydrogen) atoms. The van der Waals surface area contributed by atoms with Gasteiger partial charge in [0, 0.05) is 36.4 Å². The molecule has 0 aliphatic carbocycles. The number of nitrogens with zero attached hydrogens (tertiary/aromatic N) is 3. The number of benzene rings is 2. The number of ether oxygens (including phenoxy) is 2. The fraction of sp³-hybridized carbons (Fsp3) is 0.290. The number of hydrogen-bond acceptors (Lipinski definition) is 6. The van der Waals surface area contributed by atoms with Gasteiger partial charge in [0.1, 0.15) is 12.2 Å². The van der Waals surface area contributed by atoms with Crippen molar-refractivity contribution in [3.63, 3.8) is 0 Å². The molecule has 0 saturated carbocycles. The molecule has 9 nitrogen and oxygen atoms in total. The first-order valence-corrected chi connectivity index (χ1v) is 13.2. The Bertz CT molecular complexity index is 1590. The zero-order valence-corrected chi connectivity index (χ0v) is 23.1. The van der Waals surface area contributed by atoms with Gasteiger partial charge in [0.25, 0.3) is 5.91 Å². The van der Waals surface area contributed by atoms with Gasteiger partial charge in [-0.2, -0.15) is 0 Å². The quantitative estimate of drug-likeness (QED) is 0.337. The average Bonchev–Trinajstić information content (AvgIpc) is 3.36. The summed E-state index contributed by atoms with van der Waals surface area (Å²) in [6.45, 7) is 8.43. The summed E-state index contributed by atoms with van der Waals surface area (Å²) in [5.74, 6) is -0.262. The molecule has 9 heteroatoms. The maximum Gasteiger partial charge on any atom is 0.420 e. The van der Waals surface area contributed by atoms with Crippen LogP contribution in [0.15, 0.2) is 67.0 Å². The van der Waals surface area contributed by atoms with E-state index in [1.165, 1.54) is 4.57 Å². The predicted molar refractivity (Wildman–Crippen MR) is 151 cm³/mol. The second-order valence-electron chi connectivity index (χ2n) is 10.9. The number of aryl methyl sites for hydroxylation is 1. The molecule has 0 bridgehead atoms. The van der Waals surface area contributed by atoms with E-state index in [0.717, 1.165) is 22.3 Å². The highest BCUT2D eigenvalue weighted by atomic mass is 16.6. The van der Waals surface area contributed by atoms with Gasteiger partial charge in [-0.1, -0.05) is 36.4 Å². The smallest absolute Gasteiger partial charge is 0.420 e. The van der Waals surface area contributed by atoms with Crippen LogP contribution < -0.4 is 5.32 Å². The largest absolute Gasteiger partial charge is 0.445 e. The number of carbonyl (C=O) groups excluding carboxylic acids is 3. The summed E-state index contributed by atoms with van der Waals surface area (Å²) in [4.78, 5) is 44.7. The molecule has 5 rings (SSSR count). The van der Waals surface area contributed by atoms with Crippen LogP contribution in [-0.2, 0) is 29.0 Å². The average molecular weight is 541 g/mol. The number of anilines is 1. The van der Waals surface area contributed by atoms with E-state index in [1.807, 2.05) is 49.4 Å². The number of rotatable bonds is 4. The van der Waals surface area contributed by atoms with Gasteiger partial charge in [-0.05, 0) is 74.6 Å². The predicted octanol–water partition coefficient (Wildman–Crippen LogP) is 6.08. The fourth-order valence-corrected chi connectivity index (χ4v) is 4.74. The van der Waals surface area contributed by atoms with Gasteiger partial charge >= 0.3 is 12.2 Å². The lowest BCUT2D eigenvalue weighted by Gasteiger charge is -2.29. The molecular formula is C31H32N4O5. The van der Waals surface area contributed by atoms with E-state index in [0.29, 0.717) is 41.8 Å². The number of aromatic nitrogens is 2. The third-order valence-electron chi connectivity index (χ3n) is 6.69. The summed E-state index contributed by atoms with van der Waals surface area (Å²) < 4.78 is 12.3. The van der Waals surface area contributed by atoms with Gasteiger partial charge in [-0.25, -0.2) is 19.1 Å². The van der Waals surface area contributed by atoms with Crippen LogP contribution >= 0.6 is 0 Å². The molecule has 0 radical (unpaired) electrons. The molecule has 1 aliphatic heterocycles. The number of amides is 2. The third kappa shape index (κ3) is 5.83. The first-order valence-electron chi connectivity index (χ1n) is 13.2. The maximum atomic E-state index is 13.4. The van der Waals surface area contributed by atoms with E-state index in [9.17, 15) is 14.4 Å². The highest BCUT2D eigenvalue weighted by Crippen LogP contribution is 2.27. The molecule has 2 aromatic heterocycles. The summed E-state index contributed by atoms with van der Waals surface area (Å²) in [6.07, 6.45) is 2.86. The van der Waals surface area contributed by atoms with E-state index in [-0.39, 0.29) is 18.6 Å². The molecular weight excluding hydrogens is 508 g/mol. The summed E-state index contributed by atoms with van der Waals surface area (Å²) >= 11 is 0. The number of hydrogen-bond donors (Lipinski definition) is 1. The van der Waals surface area contributed by atoms with E-state index in [2.05, 4.69) is 10.3 Å². The van der Waals surface area contributed by atoms with Crippen LogP contribution in [0.3, 0.4) is 0 Å². The van der Waals surface area contributed by atoms with Crippen LogP contribution in [0.1, 0.15) is 53.4 Å². The topological polar surface area (TPSA) is 103 Å². The van der Waals surface area contributed by atoms with Crippen molar-refractivity contribution < 1.29 is 23.9 Å². The van der Waals surface area contributed by atoms with Crippen molar-refractivity contribution >= 4 is 34.8 Å². The second-order valence-corrected chi connectivity index (χ2v) is 10.9. The van der Waals surface area contributed by atoms with Gasteiger partial charge in [-0.3, -0.25) is 4.79 Å². The first-order chi connectivity index (χ1) is 19.1. The minimum atomic E-state index is -0.650. The Hall–Kier alpha value is -4.66. The van der Waals surface area contributed by atoms with E-state index in [4.69, 9.17) is 9.47 Å². The van der Waals surface area contributed by atoms with Crippen LogP contribution in [-0.4, -0.2) is 44.7 Å². The Morgan fingerprint density at radius 1 is 1.00 bits per heavy atom. The van der Waals surface area contributed by atoms with Crippen LogP contribution in [0.4, 0.5) is 15.3 Å². The van der Waals surface area contributed by atoms with E-state index >= 15 is 0 Å². The molecule has 0 atom stereocenters. The van der Waals surface area contributed by atoms with Crippen molar-refractivity contribution in [2.45, 2.75) is 52.9 Å². The number of pyridine rings is 1. The molecule has 2 amide bonds. The van der Waals surface area contributed by atoms with Crippen molar-refractivity contribution in [3.05, 3.63) is 94.8 Å². The molecule has 3 heterocycles. The van der Waals surface area contributed by atoms with Crippen LogP contribution in [0.25, 0.3) is 11.0 Å². The summed E-state index contributed by atoms with van der Waals surface area (Å²) in [6, 6.07) is 16.9. The number of carbonyl (C=O) groups is 3. The lowest BCUT2D eigenvalue weighted by Crippen LogP contribution is -2.36. The standard InChI is InChI=1S/C31H32N4O5/c1-20-16-23-18-34(29(37)39-19-21-8-6-5-7-9-21)14-11-22(23)17-25(20)28(36)33-26-10-13-32-27-24(26)12-15-35(27)30(38)40-31(2,3)4/h5-10,12-13,15-17H,11,14,18-19H2,1-4H3,(H,32,33,36). The Labute approximate surface area is 232 Å². The minimum Gasteiger partial charge on any atom is -0.445 e. The van der Waals surface area contributed by atoms with Crippen molar-refractivity contribution in [1.29, 1.82) is 0 Å². The van der Waals surface area contributed by atoms with Gasteiger partial charge in [0.05, 0.1) is 5.69 Å². The Morgan fingerprint density at radius 2 is 1.77 bits per heavy atom. The van der Waals surface area contributed by atoms with Gasteiger partial charge in [0.2, 0.25) is 0 Å². The molecule has 1 N–H and O–H groups in total. The van der Waals surface area contributed by atoms with Crippen LogP contribution in [0.2, 0.25) is 0 Å². The lowest BCUT2D eigenvalue weighted by atomic mass is 9.94. The van der Waals surface area contributed by atoms with Gasteiger partial charge in [-0.15, -0.1) is 0 Å². The lowest BCUT2D eigenvalue weighted by molar-refractivity contribution is 0.0543. The zero-order valence-electron chi connectivity index (χ0n) is 23.1. The fourth-order valence-electron chi connectivity index (χ4n) is 4.74. The second kappa shape index (κ2) is 10.8. The Kier molecular flexibility index (Phi) is 7.30. The molecule has 1 aliphatic rings. The highest BCUT2D eigenvalue weighted by Gasteiger charge is 2.25. The summed E-state index contributed by atoms with van der Waals surface area (Å²) in [5, 5.41) is 3.61. The molecule has 0 unspecified atom stereocenters. The SMILES string of the molecule is Cc1cc2c(cc1C(=O)Nc1ccnc3c1ccn3C(=O)OC(C)(C)C)CCN(C(=O)OCc1ccccc1)C2. The monoisotopic (exact) mass is 540 g/mol. The Morgan fingerprint density at radius 3 is 2.52 bits per heavy atom. The van der Waals surface area contributed by atoms with Gasteiger partial charge in [0.15, 0.2) is 5.65 Å². The molecule has 0 fully saturated rings. The molecule has 0 saturated heterocycles. The van der Waals surface area contributed by atoms with Crippen molar-refractivity contribution in [2.75, 3.05) is 11.9 Å². The van der Waals surface area contributed by atoms with Crippen LogP contribution in [0.5, 0.6) is 0 Å². The van der Waals surface area contributed by atoms with Crippen molar-refractivity contribution in [3.8, 4) is 0 Å². The van der Waals surface area contributed by atoms with E-state index < -0.39 is 11.7 Å². The van der Waals surface area contributed by atoms with Crippen LogP contribution in [0, 0.1) is 6.92 Å². The third-order valence-corrected chi connectivity index (χ3v) is 6.69. The highest BCUT2D eigenvalue weighted by molar-refractivity contribution is 6.09. The van der Waals surface area contributed by atoms with Crippen molar-refractivity contribution in [1.82, 2.24) is 14.5 Å². The van der Waals surface area contributed by atoms with Gasteiger partial charge < -0.3 is 19.7 Å². The molecule has 206 valence electrons. The number of nitrogens with one attached hydrogen (secondary N) is 1. The minimum absolute atomic E-state index is 0.227. The molecule has 4 aromatic rings. The molecule has 2 aromatic carbocycles. The van der Waals surface area contributed by atoms with E-state index in [1.54, 1.807) is 50.2 Å². The zero-order chi connectivity index (χ0) is 28.4. The first kappa shape index (κ1) is 26.9. The maximum absolute atomic E-state index is 13.4. The molecule has 0 spiro atoms. The number of fused-ring (bicyclic) bond motifs is 2. The van der Waals surface area contributed by atoms with Crippen molar-refractivity contribution in [2.24, 2.45) is 0 Å². The Balaban J connectivity index is 1.29. The summed E-state index contributed by atoms with van der Waals surface area (Å²) in [5.41, 5.74) is 4.60. The normalized spacial score (nSPS) is 13.1. The summed E-state index contributed by atoms with van der Waals surface area (Å²) in [7, 11) is 0.